The van der Waals surface area contributed by atoms with E-state index in [0.29, 0.717) is 0 Å². The lowest BCUT2D eigenvalue weighted by Crippen LogP contribution is -2.43. The molecule has 3 heteroatoms. The SMILES string of the molecule is CN1CCN(Cc2ccc(CI)cc2)CC1. The Balaban J connectivity index is 1.88. The Hall–Kier alpha value is -0.130. The monoisotopic (exact) mass is 330 g/mol. The molecule has 88 valence electrons. The van der Waals surface area contributed by atoms with Gasteiger partial charge in [-0.15, -0.1) is 0 Å². The van der Waals surface area contributed by atoms with Crippen LogP contribution < -0.4 is 0 Å². The minimum atomic E-state index is 1.10. The van der Waals surface area contributed by atoms with Gasteiger partial charge in [0, 0.05) is 37.2 Å². The number of rotatable bonds is 3. The maximum Gasteiger partial charge on any atom is 0.0247 e. The number of alkyl halides is 1. The predicted octanol–water partition coefficient (Wildman–Crippen LogP) is 2.37. The molecule has 0 atom stereocenters. The molecular formula is C13H19IN2. The van der Waals surface area contributed by atoms with Gasteiger partial charge < -0.3 is 4.90 Å². The molecule has 0 amide bonds. The fourth-order valence-electron chi connectivity index (χ4n) is 2.00. The number of nitrogens with zero attached hydrogens (tertiary/aromatic N) is 2. The number of likely N-dealkylation sites (N-methyl/N-ethyl adjacent to an activating group) is 1. The molecule has 0 bridgehead atoms. The van der Waals surface area contributed by atoms with Gasteiger partial charge in [0.05, 0.1) is 0 Å². The van der Waals surface area contributed by atoms with Crippen LogP contribution in [0.5, 0.6) is 0 Å². The lowest BCUT2D eigenvalue weighted by atomic mass is 10.1. The number of halogens is 1. The van der Waals surface area contributed by atoms with Crippen LogP contribution in [0.25, 0.3) is 0 Å². The van der Waals surface area contributed by atoms with Crippen LogP contribution in [-0.2, 0) is 11.0 Å². The van der Waals surface area contributed by atoms with Crippen molar-refractivity contribution in [3.05, 3.63) is 35.4 Å². The Labute approximate surface area is 112 Å². The summed E-state index contributed by atoms with van der Waals surface area (Å²) in [5, 5.41) is 0. The van der Waals surface area contributed by atoms with E-state index >= 15 is 0 Å². The highest BCUT2D eigenvalue weighted by Gasteiger charge is 2.13. The van der Waals surface area contributed by atoms with Crippen molar-refractivity contribution in [2.24, 2.45) is 0 Å². The van der Waals surface area contributed by atoms with Gasteiger partial charge in [-0.3, -0.25) is 4.90 Å². The van der Waals surface area contributed by atoms with Crippen LogP contribution in [0.2, 0.25) is 0 Å². The van der Waals surface area contributed by atoms with Crippen LogP contribution in [0, 0.1) is 0 Å². The molecule has 1 aromatic carbocycles. The molecule has 1 saturated heterocycles. The van der Waals surface area contributed by atoms with Crippen LogP contribution in [-0.4, -0.2) is 43.0 Å². The molecule has 0 spiro atoms. The quantitative estimate of drug-likeness (QED) is 0.620. The largest absolute Gasteiger partial charge is 0.304 e. The summed E-state index contributed by atoms with van der Waals surface area (Å²) in [6.07, 6.45) is 0. The summed E-state index contributed by atoms with van der Waals surface area (Å²) < 4.78 is 1.10. The summed E-state index contributed by atoms with van der Waals surface area (Å²) in [6, 6.07) is 9.04. The van der Waals surface area contributed by atoms with Gasteiger partial charge in [-0.2, -0.15) is 0 Å². The average Bonchev–Trinajstić information content (AvgIpc) is 2.33. The van der Waals surface area contributed by atoms with Crippen molar-refractivity contribution < 1.29 is 0 Å². The fourth-order valence-corrected chi connectivity index (χ4v) is 2.51. The van der Waals surface area contributed by atoms with Gasteiger partial charge in [-0.25, -0.2) is 0 Å². The van der Waals surface area contributed by atoms with Crippen molar-refractivity contribution in [1.29, 1.82) is 0 Å². The molecule has 0 aliphatic carbocycles. The van der Waals surface area contributed by atoms with Crippen molar-refractivity contribution in [3.63, 3.8) is 0 Å². The molecule has 1 aliphatic rings. The van der Waals surface area contributed by atoms with Gasteiger partial charge in [-0.1, -0.05) is 46.9 Å². The van der Waals surface area contributed by atoms with Crippen molar-refractivity contribution in [1.82, 2.24) is 9.80 Å². The van der Waals surface area contributed by atoms with E-state index in [1.807, 2.05) is 0 Å². The molecule has 0 aromatic heterocycles. The summed E-state index contributed by atoms with van der Waals surface area (Å²) >= 11 is 2.41. The van der Waals surface area contributed by atoms with Crippen LogP contribution >= 0.6 is 22.6 Å². The minimum Gasteiger partial charge on any atom is -0.304 e. The minimum absolute atomic E-state index is 1.10. The molecule has 2 rings (SSSR count). The molecule has 1 aromatic rings. The summed E-state index contributed by atoms with van der Waals surface area (Å²) in [5.74, 6) is 0. The topological polar surface area (TPSA) is 6.48 Å². The molecule has 1 fully saturated rings. The van der Waals surface area contributed by atoms with Gasteiger partial charge >= 0.3 is 0 Å². The number of piperazine rings is 1. The van der Waals surface area contributed by atoms with Crippen molar-refractivity contribution >= 4 is 22.6 Å². The number of hydrogen-bond acceptors (Lipinski definition) is 2. The molecule has 16 heavy (non-hydrogen) atoms. The molecule has 0 N–H and O–H groups in total. The van der Waals surface area contributed by atoms with Crippen molar-refractivity contribution in [2.45, 2.75) is 11.0 Å². The first-order valence-electron chi connectivity index (χ1n) is 5.82. The molecule has 0 unspecified atom stereocenters. The van der Waals surface area contributed by atoms with Crippen LogP contribution in [0.3, 0.4) is 0 Å². The van der Waals surface area contributed by atoms with Crippen LogP contribution in [0.1, 0.15) is 11.1 Å². The second-order valence-corrected chi connectivity index (χ2v) is 5.29. The van der Waals surface area contributed by atoms with Crippen molar-refractivity contribution in [3.8, 4) is 0 Å². The lowest BCUT2D eigenvalue weighted by molar-refractivity contribution is 0.148. The Morgan fingerprint density at radius 2 is 1.56 bits per heavy atom. The van der Waals surface area contributed by atoms with Crippen molar-refractivity contribution in [2.75, 3.05) is 33.2 Å². The Bertz CT molecular complexity index is 315. The highest BCUT2D eigenvalue weighted by atomic mass is 127. The third-order valence-electron chi connectivity index (χ3n) is 3.18. The normalized spacial score (nSPS) is 18.9. The lowest BCUT2D eigenvalue weighted by Gasteiger charge is -2.32. The highest BCUT2D eigenvalue weighted by molar-refractivity contribution is 14.1. The smallest absolute Gasteiger partial charge is 0.0247 e. The Morgan fingerprint density at radius 3 is 2.12 bits per heavy atom. The molecule has 1 heterocycles. The highest BCUT2D eigenvalue weighted by Crippen LogP contribution is 2.11. The third kappa shape index (κ3) is 3.43. The van der Waals surface area contributed by atoms with Gasteiger partial charge in [0.25, 0.3) is 0 Å². The van der Waals surface area contributed by atoms with Gasteiger partial charge in [0.1, 0.15) is 0 Å². The molecule has 0 saturated carbocycles. The van der Waals surface area contributed by atoms with E-state index in [1.54, 1.807) is 0 Å². The first-order valence-corrected chi connectivity index (χ1v) is 7.35. The van der Waals surface area contributed by atoms with E-state index in [0.717, 1.165) is 11.0 Å². The molecular weight excluding hydrogens is 311 g/mol. The maximum atomic E-state index is 2.54. The molecule has 0 radical (unpaired) electrons. The zero-order chi connectivity index (χ0) is 11.4. The average molecular weight is 330 g/mol. The van der Waals surface area contributed by atoms with Crippen LogP contribution in [0.4, 0.5) is 0 Å². The zero-order valence-corrected chi connectivity index (χ0v) is 12.0. The maximum absolute atomic E-state index is 2.54. The van der Waals surface area contributed by atoms with Crippen LogP contribution in [0.15, 0.2) is 24.3 Å². The van der Waals surface area contributed by atoms with E-state index < -0.39 is 0 Å². The second-order valence-electron chi connectivity index (χ2n) is 4.53. The second kappa shape index (κ2) is 5.98. The van der Waals surface area contributed by atoms with E-state index in [2.05, 4.69) is 63.7 Å². The van der Waals surface area contributed by atoms with E-state index in [9.17, 15) is 0 Å². The number of hydrogen-bond donors (Lipinski definition) is 0. The Morgan fingerprint density at radius 1 is 1.00 bits per heavy atom. The van der Waals surface area contributed by atoms with E-state index in [-0.39, 0.29) is 0 Å². The zero-order valence-electron chi connectivity index (χ0n) is 9.82. The summed E-state index contributed by atoms with van der Waals surface area (Å²) in [5.41, 5.74) is 2.86. The molecule has 2 nitrogen and oxygen atoms in total. The van der Waals surface area contributed by atoms with E-state index in [1.165, 1.54) is 37.3 Å². The predicted molar refractivity (Wildman–Crippen MR) is 76.9 cm³/mol. The van der Waals surface area contributed by atoms with Gasteiger partial charge in [0.2, 0.25) is 0 Å². The standard InChI is InChI=1S/C13H19IN2/c1-15-6-8-16(9-7-15)11-13-4-2-12(10-14)3-5-13/h2-5H,6-11H2,1H3. The summed E-state index contributed by atoms with van der Waals surface area (Å²) in [6.45, 7) is 5.90. The fraction of sp³-hybridized carbons (Fsp3) is 0.538. The molecule has 1 aliphatic heterocycles. The Kier molecular flexibility index (Phi) is 4.61. The van der Waals surface area contributed by atoms with E-state index in [4.69, 9.17) is 0 Å². The van der Waals surface area contributed by atoms with Gasteiger partial charge in [0.15, 0.2) is 0 Å². The summed E-state index contributed by atoms with van der Waals surface area (Å²) in [7, 11) is 2.20. The first kappa shape index (κ1) is 12.3. The third-order valence-corrected chi connectivity index (χ3v) is 4.06. The van der Waals surface area contributed by atoms with Gasteiger partial charge in [-0.05, 0) is 18.2 Å². The number of benzene rings is 1. The summed E-state index contributed by atoms with van der Waals surface area (Å²) in [4.78, 5) is 4.94. The first-order chi connectivity index (χ1) is 7.78.